The number of aromatic nitrogens is 2. The van der Waals surface area contributed by atoms with E-state index in [-0.39, 0.29) is 27.6 Å². The third kappa shape index (κ3) is 9.85. The number of hydrogen-bond donors (Lipinski definition) is 0. The Morgan fingerprint density at radius 3 is 1.70 bits per heavy atom. The summed E-state index contributed by atoms with van der Waals surface area (Å²) in [5.41, 5.74) is 19.1. The summed E-state index contributed by atoms with van der Waals surface area (Å²) in [5.74, 6) is 1.73. The van der Waals surface area contributed by atoms with Crippen molar-refractivity contribution in [3.8, 4) is 39.6 Å². The predicted octanol–water partition coefficient (Wildman–Crippen LogP) is 21.1. The van der Waals surface area contributed by atoms with E-state index in [9.17, 15) is 2.74 Å². The number of pyridine rings is 1. The largest absolute Gasteiger partial charge is 0.457 e. The van der Waals surface area contributed by atoms with Crippen molar-refractivity contribution in [1.29, 1.82) is 0 Å². The van der Waals surface area contributed by atoms with E-state index in [1.807, 2.05) is 57.2 Å². The van der Waals surface area contributed by atoms with E-state index < -0.39 is 6.37 Å². The Kier molecular flexibility index (Phi) is 12.3. The molecule has 0 spiro atoms. The zero-order chi connectivity index (χ0) is 58.9. The van der Waals surface area contributed by atoms with E-state index in [2.05, 4.69) is 225 Å². The Hall–Kier alpha value is -8.09. The zero-order valence-electron chi connectivity index (χ0n) is 52.1. The van der Waals surface area contributed by atoms with Crippen molar-refractivity contribution >= 4 is 66.5 Å². The Labute approximate surface area is 482 Å². The van der Waals surface area contributed by atoms with Gasteiger partial charge >= 0.3 is 0 Å². The van der Waals surface area contributed by atoms with E-state index in [0.717, 1.165) is 66.4 Å². The first-order valence-electron chi connectivity index (χ1n) is 29.9. The van der Waals surface area contributed by atoms with Gasteiger partial charge < -0.3 is 19.0 Å². The number of para-hydroxylation sites is 4. The third-order valence-electron chi connectivity index (χ3n) is 16.4. The van der Waals surface area contributed by atoms with Gasteiger partial charge in [0.15, 0.2) is 0 Å². The Morgan fingerprint density at radius 2 is 1.10 bits per heavy atom. The van der Waals surface area contributed by atoms with Crippen LogP contribution in [0.2, 0.25) is 0 Å². The lowest BCUT2D eigenvalue weighted by atomic mass is 9.77. The Balaban J connectivity index is 0.993. The summed E-state index contributed by atoms with van der Waals surface area (Å²) >= 11 is 0. The third-order valence-corrected chi connectivity index (χ3v) is 16.4. The van der Waals surface area contributed by atoms with Crippen molar-refractivity contribution in [2.75, 3.05) is 16.5 Å². The van der Waals surface area contributed by atoms with E-state index in [1.54, 1.807) is 6.20 Å². The molecule has 0 amide bonds. The number of ether oxygens (including phenoxy) is 1. The highest BCUT2D eigenvalue weighted by molar-refractivity contribution is 6.24. The lowest BCUT2D eigenvalue weighted by molar-refractivity contribution is 0.483. The first-order valence-corrected chi connectivity index (χ1v) is 28.9. The summed E-state index contributed by atoms with van der Waals surface area (Å²) in [5, 5.41) is 4.04. The van der Waals surface area contributed by atoms with E-state index in [1.165, 1.54) is 50.2 Å². The number of furan rings is 1. The van der Waals surface area contributed by atoms with Gasteiger partial charge in [-0.15, -0.1) is 0 Å². The maximum Gasteiger partial charge on any atom is 0.145 e. The number of fused-ring (bicyclic) bond motifs is 8. The summed E-state index contributed by atoms with van der Waals surface area (Å²) in [6.07, 6.45) is 0.221. The molecule has 1 aliphatic heterocycles. The average Bonchev–Trinajstić information content (AvgIpc) is 3.08. The van der Waals surface area contributed by atoms with Gasteiger partial charge in [0, 0.05) is 54.0 Å². The fourth-order valence-corrected chi connectivity index (χ4v) is 11.8. The van der Waals surface area contributed by atoms with Crippen molar-refractivity contribution in [3.05, 3.63) is 203 Å². The molecule has 0 bridgehead atoms. The molecule has 6 heteroatoms. The van der Waals surface area contributed by atoms with Gasteiger partial charge in [-0.3, -0.25) is 4.57 Å². The molecule has 0 saturated carbocycles. The molecule has 0 saturated heterocycles. The molecule has 0 atom stereocenters. The summed E-state index contributed by atoms with van der Waals surface area (Å²) in [7, 11) is 0. The molecule has 0 N–H and O–H groups in total. The topological polar surface area (TPSA) is 46.7 Å². The van der Waals surface area contributed by atoms with Crippen LogP contribution in [0.15, 0.2) is 174 Å². The molecular weight excluding hydrogens is 989 g/mol. The van der Waals surface area contributed by atoms with Crippen LogP contribution in [0, 0.1) is 12.8 Å². The molecular formula is C75H78N4O2. The lowest BCUT2D eigenvalue weighted by Crippen LogP contribution is -2.25. The fraction of sp³-hybridized carbons (Fsp3) is 0.293. The standard InChI is InChI=1S/C75H78N4O2/c1-46(2)34-48-39-68(76-44-47(48)3)79-65-33-32-61-60-24-16-19-29-67(60)81-71(61)69(65)62-31-30-57(43-66(62)79)80-56-23-20-22-55(42-56)77-45-78(64-28-18-17-27-63(64)77)70-58(49-35-51(72(4,5)6)40-52(36-49)73(7,8)9)25-21-26-59(70)50-37-53(74(10,11)12)41-54(38-50)75(13,14)15/h16-33,35-44,46H,34,45H2,1-15H3/i34D2. The molecule has 12 rings (SSSR count). The molecule has 0 aliphatic carbocycles. The molecule has 6 nitrogen and oxygen atoms in total. The molecule has 0 fully saturated rings. The summed E-state index contributed by atoms with van der Waals surface area (Å²) in [6, 6.07) is 59.3. The first-order chi connectivity index (χ1) is 39.1. The Morgan fingerprint density at radius 1 is 0.543 bits per heavy atom. The van der Waals surface area contributed by atoms with Gasteiger partial charge in [0.2, 0.25) is 0 Å². The summed E-state index contributed by atoms with van der Waals surface area (Å²) in [4.78, 5) is 9.96. The number of rotatable bonds is 9. The normalized spacial score (nSPS) is 14.0. The molecule has 8 aromatic carbocycles. The van der Waals surface area contributed by atoms with Gasteiger partial charge in [0.1, 0.15) is 35.2 Å². The minimum Gasteiger partial charge on any atom is -0.457 e. The number of nitrogens with zero attached hydrogens (tertiary/aromatic N) is 4. The second kappa shape index (κ2) is 19.6. The number of benzene rings is 8. The highest BCUT2D eigenvalue weighted by Gasteiger charge is 2.33. The van der Waals surface area contributed by atoms with E-state index in [0.29, 0.717) is 29.5 Å². The molecule has 410 valence electrons. The maximum atomic E-state index is 9.19. The van der Waals surface area contributed by atoms with Crippen molar-refractivity contribution in [1.82, 2.24) is 9.55 Å². The fourth-order valence-electron chi connectivity index (χ4n) is 11.8. The number of anilines is 4. The van der Waals surface area contributed by atoms with Crippen LogP contribution in [0.25, 0.3) is 71.8 Å². The number of aryl methyl sites for hydroxylation is 1. The van der Waals surface area contributed by atoms with Gasteiger partial charge in [-0.25, -0.2) is 4.98 Å². The molecule has 11 aromatic rings. The minimum absolute atomic E-state index is 0.0680. The van der Waals surface area contributed by atoms with Crippen LogP contribution in [0.4, 0.5) is 22.7 Å². The second-order valence-electron chi connectivity index (χ2n) is 27.0. The van der Waals surface area contributed by atoms with Crippen molar-refractivity contribution in [3.63, 3.8) is 0 Å². The van der Waals surface area contributed by atoms with E-state index in [4.69, 9.17) is 14.1 Å². The summed E-state index contributed by atoms with van der Waals surface area (Å²) in [6.45, 7) is 34.2. The van der Waals surface area contributed by atoms with Gasteiger partial charge in [-0.2, -0.15) is 0 Å². The summed E-state index contributed by atoms with van der Waals surface area (Å²) < 4.78 is 34.2. The van der Waals surface area contributed by atoms with Crippen LogP contribution in [-0.2, 0) is 28.0 Å². The van der Waals surface area contributed by atoms with Crippen LogP contribution in [0.5, 0.6) is 11.5 Å². The lowest BCUT2D eigenvalue weighted by Gasteiger charge is -2.31. The second-order valence-corrected chi connectivity index (χ2v) is 27.0. The van der Waals surface area contributed by atoms with Gasteiger partial charge in [-0.1, -0.05) is 188 Å². The van der Waals surface area contributed by atoms with Crippen LogP contribution in [0.3, 0.4) is 0 Å². The minimum atomic E-state index is -1.58. The smallest absolute Gasteiger partial charge is 0.145 e. The molecule has 81 heavy (non-hydrogen) atoms. The SMILES string of the molecule is [2H]C([2H])(c1cc(-n2c3cc(Oc4cccc(N5CN(c6c(-c7cc(C(C)(C)C)cc(C(C)(C)C)c7)cccc6-c6cc(C(C)(C)C)cc(C(C)(C)C)c6)c6ccccc65)c4)ccc3c3c4oc5ccccc5c4ccc32)ncc1C)C(C)C. The molecule has 3 aromatic heterocycles. The predicted molar refractivity (Wildman–Crippen MR) is 343 cm³/mol. The monoisotopic (exact) mass is 1070 g/mol. The Bertz CT molecular complexity index is 4200. The van der Waals surface area contributed by atoms with Crippen molar-refractivity contribution in [2.45, 2.75) is 132 Å². The van der Waals surface area contributed by atoms with Gasteiger partial charge in [0.25, 0.3) is 0 Å². The average molecular weight is 1070 g/mol. The highest BCUT2D eigenvalue weighted by Crippen LogP contribution is 2.52. The van der Waals surface area contributed by atoms with Crippen LogP contribution in [-0.4, -0.2) is 16.2 Å². The zero-order valence-corrected chi connectivity index (χ0v) is 50.1. The van der Waals surface area contributed by atoms with E-state index >= 15 is 0 Å². The first kappa shape index (κ1) is 51.1. The maximum absolute atomic E-state index is 9.19. The van der Waals surface area contributed by atoms with Gasteiger partial charge in [0.05, 0.1) is 33.5 Å². The van der Waals surface area contributed by atoms with Crippen molar-refractivity contribution in [2.24, 2.45) is 5.92 Å². The van der Waals surface area contributed by atoms with Gasteiger partial charge in [-0.05, 0) is 146 Å². The molecule has 1 aliphatic rings. The van der Waals surface area contributed by atoms with Crippen LogP contribution in [0.1, 0.15) is 133 Å². The highest BCUT2D eigenvalue weighted by atomic mass is 16.5. The molecule has 0 radical (unpaired) electrons. The van der Waals surface area contributed by atoms with Crippen molar-refractivity contribution < 1.29 is 11.9 Å². The quantitative estimate of drug-likeness (QED) is 0.144. The number of hydrogen-bond acceptors (Lipinski definition) is 5. The van der Waals surface area contributed by atoms with Crippen LogP contribution >= 0.6 is 0 Å². The molecule has 4 heterocycles. The molecule has 0 unspecified atom stereocenters. The van der Waals surface area contributed by atoms with Crippen LogP contribution < -0.4 is 14.5 Å².